The molecule has 2 aliphatic heterocycles. The third kappa shape index (κ3) is 3.88. The molecule has 6 nitrogen and oxygen atoms in total. The van der Waals surface area contributed by atoms with Crippen LogP contribution < -0.4 is 20.1 Å². The summed E-state index contributed by atoms with van der Waals surface area (Å²) in [5.41, 5.74) is 0.602. The van der Waals surface area contributed by atoms with Gasteiger partial charge in [0.25, 0.3) is 0 Å². The first-order chi connectivity index (χ1) is 11.1. The fourth-order valence-electron chi connectivity index (χ4n) is 2.87. The minimum absolute atomic E-state index is 0.00538. The van der Waals surface area contributed by atoms with E-state index in [4.69, 9.17) is 21.1 Å². The van der Waals surface area contributed by atoms with E-state index in [-0.39, 0.29) is 18.4 Å². The molecule has 0 saturated carbocycles. The van der Waals surface area contributed by atoms with E-state index in [0.29, 0.717) is 35.3 Å². The van der Waals surface area contributed by atoms with Crippen molar-refractivity contribution in [1.82, 2.24) is 10.6 Å². The Morgan fingerprint density at radius 3 is 2.87 bits per heavy atom. The highest BCUT2D eigenvalue weighted by atomic mass is 35.5. The van der Waals surface area contributed by atoms with Gasteiger partial charge in [-0.25, -0.2) is 0 Å². The molecule has 0 bridgehead atoms. The van der Waals surface area contributed by atoms with Crippen molar-refractivity contribution in [1.29, 1.82) is 0 Å². The number of nitrogens with one attached hydrogen (secondary N) is 2. The van der Waals surface area contributed by atoms with Crippen LogP contribution in [0.15, 0.2) is 12.1 Å². The molecule has 1 aromatic rings. The third-order valence-electron chi connectivity index (χ3n) is 4.18. The molecule has 1 fully saturated rings. The molecule has 0 spiro atoms. The zero-order valence-electron chi connectivity index (χ0n) is 12.8. The monoisotopic (exact) mass is 340 g/mol. The van der Waals surface area contributed by atoms with Gasteiger partial charge in [0.2, 0.25) is 5.91 Å². The van der Waals surface area contributed by atoms with Crippen LogP contribution in [-0.2, 0) is 4.79 Å². The largest absolute Gasteiger partial charge is 0.486 e. The van der Waals surface area contributed by atoms with E-state index < -0.39 is 6.10 Å². The average molecular weight is 341 g/mol. The van der Waals surface area contributed by atoms with Crippen LogP contribution in [0.2, 0.25) is 5.02 Å². The highest BCUT2D eigenvalue weighted by Gasteiger charge is 2.23. The Morgan fingerprint density at radius 1 is 1.35 bits per heavy atom. The SMILES string of the molecule is O=C(NCC(O)c1cc(Cl)c2c(c1)OCCO2)C1CCNCC1. The van der Waals surface area contributed by atoms with Crippen molar-refractivity contribution < 1.29 is 19.4 Å². The molecular formula is C16H21ClN2O4. The van der Waals surface area contributed by atoms with Crippen LogP contribution in [0, 0.1) is 5.92 Å². The van der Waals surface area contributed by atoms with Gasteiger partial charge in [-0.1, -0.05) is 11.6 Å². The van der Waals surface area contributed by atoms with Crippen LogP contribution in [-0.4, -0.2) is 43.9 Å². The summed E-state index contributed by atoms with van der Waals surface area (Å²) >= 11 is 6.17. The fraction of sp³-hybridized carbons (Fsp3) is 0.562. The first kappa shape index (κ1) is 16.4. The molecule has 0 radical (unpaired) electrons. The Hall–Kier alpha value is -1.50. The number of benzene rings is 1. The van der Waals surface area contributed by atoms with Gasteiger partial charge in [-0.05, 0) is 43.6 Å². The second kappa shape index (κ2) is 7.38. The molecule has 3 rings (SSSR count). The minimum atomic E-state index is -0.839. The molecule has 126 valence electrons. The van der Waals surface area contributed by atoms with Gasteiger partial charge in [0.15, 0.2) is 11.5 Å². The van der Waals surface area contributed by atoms with E-state index in [2.05, 4.69) is 10.6 Å². The van der Waals surface area contributed by atoms with Crippen LogP contribution >= 0.6 is 11.6 Å². The summed E-state index contributed by atoms with van der Waals surface area (Å²) in [6.45, 7) is 2.78. The molecule has 1 amide bonds. The molecule has 1 saturated heterocycles. The zero-order chi connectivity index (χ0) is 16.2. The Balaban J connectivity index is 1.60. The van der Waals surface area contributed by atoms with Crippen molar-refractivity contribution in [2.45, 2.75) is 18.9 Å². The second-order valence-corrected chi connectivity index (χ2v) is 6.22. The van der Waals surface area contributed by atoms with Crippen LogP contribution in [0.25, 0.3) is 0 Å². The summed E-state index contributed by atoms with van der Waals surface area (Å²) in [7, 11) is 0. The molecule has 0 aromatic heterocycles. The Morgan fingerprint density at radius 2 is 2.09 bits per heavy atom. The molecule has 1 aromatic carbocycles. The number of rotatable bonds is 4. The number of piperidine rings is 1. The first-order valence-electron chi connectivity index (χ1n) is 7.90. The zero-order valence-corrected chi connectivity index (χ0v) is 13.6. The summed E-state index contributed by atoms with van der Waals surface area (Å²) in [5, 5.41) is 16.8. The lowest BCUT2D eigenvalue weighted by molar-refractivity contribution is -0.126. The normalized spacial score (nSPS) is 19.2. The highest BCUT2D eigenvalue weighted by Crippen LogP contribution is 2.39. The van der Waals surface area contributed by atoms with Crippen LogP contribution in [0.4, 0.5) is 0 Å². The second-order valence-electron chi connectivity index (χ2n) is 5.81. The predicted molar refractivity (Wildman–Crippen MR) is 86.0 cm³/mol. The van der Waals surface area contributed by atoms with Gasteiger partial charge < -0.3 is 25.2 Å². The van der Waals surface area contributed by atoms with Crippen molar-refractivity contribution in [2.75, 3.05) is 32.8 Å². The first-order valence-corrected chi connectivity index (χ1v) is 8.28. The van der Waals surface area contributed by atoms with Crippen molar-refractivity contribution in [3.8, 4) is 11.5 Å². The fourth-order valence-corrected chi connectivity index (χ4v) is 3.14. The number of carbonyl (C=O) groups is 1. The highest BCUT2D eigenvalue weighted by molar-refractivity contribution is 6.32. The topological polar surface area (TPSA) is 79.8 Å². The lowest BCUT2D eigenvalue weighted by Gasteiger charge is -2.23. The molecular weight excluding hydrogens is 320 g/mol. The molecule has 2 aliphatic rings. The summed E-state index contributed by atoms with van der Waals surface area (Å²) in [6, 6.07) is 3.36. The molecule has 1 atom stereocenters. The lowest BCUT2D eigenvalue weighted by atomic mass is 9.97. The number of aliphatic hydroxyl groups excluding tert-OH is 1. The van der Waals surface area contributed by atoms with Gasteiger partial charge >= 0.3 is 0 Å². The lowest BCUT2D eigenvalue weighted by Crippen LogP contribution is -2.39. The van der Waals surface area contributed by atoms with E-state index in [1.807, 2.05) is 0 Å². The van der Waals surface area contributed by atoms with E-state index in [1.165, 1.54) is 0 Å². The van der Waals surface area contributed by atoms with Crippen molar-refractivity contribution in [3.63, 3.8) is 0 Å². The number of carbonyl (C=O) groups excluding carboxylic acids is 1. The average Bonchev–Trinajstić information content (AvgIpc) is 2.60. The Kier molecular flexibility index (Phi) is 5.25. The maximum atomic E-state index is 12.1. The number of halogens is 1. The molecule has 23 heavy (non-hydrogen) atoms. The number of aliphatic hydroxyl groups is 1. The summed E-state index contributed by atoms with van der Waals surface area (Å²) in [6.07, 6.45) is 0.823. The van der Waals surface area contributed by atoms with Crippen molar-refractivity contribution in [3.05, 3.63) is 22.7 Å². The van der Waals surface area contributed by atoms with Crippen molar-refractivity contribution in [2.24, 2.45) is 5.92 Å². The molecule has 2 heterocycles. The molecule has 0 aliphatic carbocycles. The molecule has 1 unspecified atom stereocenters. The smallest absolute Gasteiger partial charge is 0.223 e. The summed E-state index contributed by atoms with van der Waals surface area (Å²) in [5.74, 6) is 1.05. The number of ether oxygens (including phenoxy) is 2. The minimum Gasteiger partial charge on any atom is -0.486 e. The molecule has 3 N–H and O–H groups in total. The number of amides is 1. The van der Waals surface area contributed by atoms with Crippen LogP contribution in [0.5, 0.6) is 11.5 Å². The van der Waals surface area contributed by atoms with E-state index in [9.17, 15) is 9.90 Å². The third-order valence-corrected chi connectivity index (χ3v) is 4.46. The maximum Gasteiger partial charge on any atom is 0.223 e. The van der Waals surface area contributed by atoms with Gasteiger partial charge in [0, 0.05) is 12.5 Å². The maximum absolute atomic E-state index is 12.1. The van der Waals surface area contributed by atoms with E-state index in [1.54, 1.807) is 12.1 Å². The Bertz CT molecular complexity index is 575. The summed E-state index contributed by atoms with van der Waals surface area (Å²) in [4.78, 5) is 12.1. The van der Waals surface area contributed by atoms with E-state index >= 15 is 0 Å². The quantitative estimate of drug-likeness (QED) is 0.769. The predicted octanol–water partition coefficient (Wildman–Crippen LogP) is 1.26. The van der Waals surface area contributed by atoms with Gasteiger partial charge in [-0.2, -0.15) is 0 Å². The number of hydrogen-bond acceptors (Lipinski definition) is 5. The summed E-state index contributed by atoms with van der Waals surface area (Å²) < 4.78 is 11.0. The van der Waals surface area contributed by atoms with Crippen LogP contribution in [0.3, 0.4) is 0 Å². The van der Waals surface area contributed by atoms with E-state index in [0.717, 1.165) is 25.9 Å². The standard InChI is InChI=1S/C16H21ClN2O4/c17-12-7-11(8-14-15(12)23-6-5-22-14)13(20)9-19-16(21)10-1-3-18-4-2-10/h7-8,10,13,18,20H,1-6,9H2,(H,19,21). The van der Waals surface area contributed by atoms with Gasteiger partial charge in [-0.15, -0.1) is 0 Å². The number of fused-ring (bicyclic) bond motifs is 1. The van der Waals surface area contributed by atoms with Crippen LogP contribution in [0.1, 0.15) is 24.5 Å². The molecule has 7 heteroatoms. The van der Waals surface area contributed by atoms with Gasteiger partial charge in [-0.3, -0.25) is 4.79 Å². The van der Waals surface area contributed by atoms with Gasteiger partial charge in [0.05, 0.1) is 11.1 Å². The Labute approximate surface area is 140 Å². The number of hydrogen-bond donors (Lipinski definition) is 3. The van der Waals surface area contributed by atoms with Crippen molar-refractivity contribution >= 4 is 17.5 Å². The van der Waals surface area contributed by atoms with Gasteiger partial charge in [0.1, 0.15) is 13.2 Å².